The van der Waals surface area contributed by atoms with Gasteiger partial charge in [-0.25, -0.2) is 4.79 Å². The summed E-state index contributed by atoms with van der Waals surface area (Å²) in [5.74, 6) is 0.157. The molecule has 28 heavy (non-hydrogen) atoms. The highest BCUT2D eigenvalue weighted by Crippen LogP contribution is 2.33. The van der Waals surface area contributed by atoms with Crippen molar-refractivity contribution < 1.29 is 23.9 Å². The standard InChI is InChI=1S/C22H25NO5/c1-26-10-8-23(9-11-27-2)15-17-12-22(25)28-21-14-18(20(24)13-19(17)21)16-6-4-3-5-7-16/h3-7,12-14,24H,8-11,15H2,1-2H3/p+1. The number of benzene rings is 2. The number of phenolic OH excluding ortho intramolecular Hbond substituents is 1. The number of methoxy groups -OCH3 is 2. The molecule has 6 heteroatoms. The Hall–Kier alpha value is -2.67. The zero-order valence-electron chi connectivity index (χ0n) is 16.2. The van der Waals surface area contributed by atoms with Crippen molar-refractivity contribution in [3.63, 3.8) is 0 Å². The van der Waals surface area contributed by atoms with Gasteiger partial charge in [-0.2, -0.15) is 0 Å². The second-order valence-corrected chi connectivity index (χ2v) is 6.73. The van der Waals surface area contributed by atoms with E-state index in [2.05, 4.69) is 0 Å². The molecule has 0 aliphatic carbocycles. The molecule has 2 aromatic carbocycles. The highest BCUT2D eigenvalue weighted by Gasteiger charge is 2.16. The van der Waals surface area contributed by atoms with Crippen molar-refractivity contribution in [2.75, 3.05) is 40.5 Å². The fourth-order valence-corrected chi connectivity index (χ4v) is 3.32. The third kappa shape index (κ3) is 4.78. The minimum absolute atomic E-state index is 0.157. The number of hydrogen-bond donors (Lipinski definition) is 2. The maximum Gasteiger partial charge on any atom is 0.336 e. The molecular weight excluding hydrogens is 358 g/mol. The molecule has 1 aromatic heterocycles. The van der Waals surface area contributed by atoms with Gasteiger partial charge in [-0.15, -0.1) is 0 Å². The van der Waals surface area contributed by atoms with E-state index in [4.69, 9.17) is 13.9 Å². The van der Waals surface area contributed by atoms with Gasteiger partial charge in [0.2, 0.25) is 0 Å². The molecule has 0 saturated heterocycles. The van der Waals surface area contributed by atoms with Gasteiger partial charge < -0.3 is 23.9 Å². The molecule has 1 heterocycles. The van der Waals surface area contributed by atoms with Crippen LogP contribution in [0.15, 0.2) is 57.7 Å². The molecule has 2 N–H and O–H groups in total. The van der Waals surface area contributed by atoms with E-state index >= 15 is 0 Å². The molecule has 0 spiro atoms. The molecule has 0 aliphatic heterocycles. The quantitative estimate of drug-likeness (QED) is 0.551. The predicted molar refractivity (Wildman–Crippen MR) is 108 cm³/mol. The van der Waals surface area contributed by atoms with E-state index in [1.165, 1.54) is 11.0 Å². The van der Waals surface area contributed by atoms with Gasteiger partial charge in [-0.1, -0.05) is 30.3 Å². The minimum Gasteiger partial charge on any atom is -0.507 e. The smallest absolute Gasteiger partial charge is 0.336 e. The summed E-state index contributed by atoms with van der Waals surface area (Å²) in [6, 6.07) is 14.4. The van der Waals surface area contributed by atoms with E-state index in [1.54, 1.807) is 26.4 Å². The molecule has 0 saturated carbocycles. The second-order valence-electron chi connectivity index (χ2n) is 6.73. The van der Waals surface area contributed by atoms with Crippen molar-refractivity contribution in [3.05, 3.63) is 64.5 Å². The van der Waals surface area contributed by atoms with Crippen LogP contribution in [0.2, 0.25) is 0 Å². The highest BCUT2D eigenvalue weighted by molar-refractivity contribution is 5.88. The lowest BCUT2D eigenvalue weighted by atomic mass is 10.0. The van der Waals surface area contributed by atoms with Gasteiger partial charge in [-0.3, -0.25) is 0 Å². The van der Waals surface area contributed by atoms with Gasteiger partial charge in [0.25, 0.3) is 0 Å². The van der Waals surface area contributed by atoms with Crippen molar-refractivity contribution in [2.45, 2.75) is 6.54 Å². The van der Waals surface area contributed by atoms with E-state index in [1.807, 2.05) is 30.3 Å². The minimum atomic E-state index is -0.398. The van der Waals surface area contributed by atoms with E-state index in [0.717, 1.165) is 29.6 Å². The lowest BCUT2D eigenvalue weighted by Gasteiger charge is -2.19. The second kappa shape index (κ2) is 9.50. The fraction of sp³-hybridized carbons (Fsp3) is 0.318. The summed E-state index contributed by atoms with van der Waals surface area (Å²) in [5, 5.41) is 11.3. The van der Waals surface area contributed by atoms with Crippen molar-refractivity contribution in [1.82, 2.24) is 0 Å². The number of rotatable bonds is 9. The lowest BCUT2D eigenvalue weighted by Crippen LogP contribution is -3.11. The average Bonchev–Trinajstić information content (AvgIpc) is 2.70. The Labute approximate surface area is 163 Å². The first kappa shape index (κ1) is 20.1. The number of aromatic hydroxyl groups is 1. The predicted octanol–water partition coefficient (Wildman–Crippen LogP) is 1.84. The first-order valence-corrected chi connectivity index (χ1v) is 9.29. The van der Waals surface area contributed by atoms with Crippen molar-refractivity contribution >= 4 is 11.0 Å². The first-order valence-electron chi connectivity index (χ1n) is 9.29. The third-order valence-electron chi connectivity index (χ3n) is 4.79. The monoisotopic (exact) mass is 384 g/mol. The molecule has 3 aromatic rings. The largest absolute Gasteiger partial charge is 0.507 e. The maximum absolute atomic E-state index is 12.2. The zero-order valence-corrected chi connectivity index (χ0v) is 16.2. The normalized spacial score (nSPS) is 11.4. The number of ether oxygens (including phenoxy) is 2. The summed E-state index contributed by atoms with van der Waals surface area (Å²) in [5.41, 5.74) is 2.41. The van der Waals surface area contributed by atoms with E-state index in [0.29, 0.717) is 30.9 Å². The maximum atomic E-state index is 12.2. The van der Waals surface area contributed by atoms with Gasteiger partial charge in [0.1, 0.15) is 31.0 Å². The number of nitrogens with one attached hydrogen (secondary N) is 1. The Morgan fingerprint density at radius 3 is 2.32 bits per heavy atom. The summed E-state index contributed by atoms with van der Waals surface area (Å²) in [6.45, 7) is 3.41. The summed E-state index contributed by atoms with van der Waals surface area (Å²) in [7, 11) is 3.34. The summed E-state index contributed by atoms with van der Waals surface area (Å²) in [6.07, 6.45) is 0. The summed E-state index contributed by atoms with van der Waals surface area (Å²) < 4.78 is 15.8. The molecule has 0 aliphatic rings. The first-order chi connectivity index (χ1) is 13.6. The van der Waals surface area contributed by atoms with E-state index < -0.39 is 5.63 Å². The fourth-order valence-electron chi connectivity index (χ4n) is 3.32. The molecule has 0 radical (unpaired) electrons. The van der Waals surface area contributed by atoms with E-state index in [9.17, 15) is 9.90 Å². The third-order valence-corrected chi connectivity index (χ3v) is 4.79. The van der Waals surface area contributed by atoms with Gasteiger partial charge in [0.15, 0.2) is 0 Å². The van der Waals surface area contributed by atoms with E-state index in [-0.39, 0.29) is 5.75 Å². The Morgan fingerprint density at radius 2 is 1.68 bits per heavy atom. The van der Waals surface area contributed by atoms with Crippen LogP contribution < -0.4 is 10.5 Å². The highest BCUT2D eigenvalue weighted by atomic mass is 16.5. The van der Waals surface area contributed by atoms with Gasteiger partial charge in [-0.05, 0) is 17.7 Å². The number of hydrogen-bond acceptors (Lipinski definition) is 5. The van der Waals surface area contributed by atoms with Crippen molar-refractivity contribution in [1.29, 1.82) is 0 Å². The van der Waals surface area contributed by atoms with Crippen LogP contribution >= 0.6 is 0 Å². The Bertz CT molecular complexity index is 960. The SMILES string of the molecule is COCC[NH+](CCOC)Cc1cc(=O)oc2cc(-c3ccccc3)c(O)cc12. The van der Waals surface area contributed by atoms with Crippen LogP contribution in [0, 0.1) is 0 Å². The van der Waals surface area contributed by atoms with Crippen LogP contribution in [0.4, 0.5) is 0 Å². The van der Waals surface area contributed by atoms with Crippen LogP contribution in [0.25, 0.3) is 22.1 Å². The molecule has 0 bridgehead atoms. The Morgan fingerprint density at radius 1 is 1.00 bits per heavy atom. The van der Waals surface area contributed by atoms with Crippen LogP contribution in [-0.2, 0) is 16.0 Å². The molecule has 0 atom stereocenters. The molecule has 0 amide bonds. The molecule has 6 nitrogen and oxygen atoms in total. The van der Waals surface area contributed by atoms with Crippen molar-refractivity contribution in [2.24, 2.45) is 0 Å². The molecule has 3 rings (SSSR count). The molecular formula is C22H26NO5+. The topological polar surface area (TPSA) is 73.3 Å². The van der Waals surface area contributed by atoms with Crippen molar-refractivity contribution in [3.8, 4) is 16.9 Å². The van der Waals surface area contributed by atoms with Crippen LogP contribution in [0.3, 0.4) is 0 Å². The number of quaternary nitrogens is 1. The van der Waals surface area contributed by atoms with Gasteiger partial charge >= 0.3 is 5.63 Å². The van der Waals surface area contributed by atoms with Crippen LogP contribution in [0.5, 0.6) is 5.75 Å². The molecule has 0 unspecified atom stereocenters. The van der Waals surface area contributed by atoms with Gasteiger partial charge in [0.05, 0.1) is 13.2 Å². The number of phenols is 1. The zero-order chi connectivity index (χ0) is 19.9. The molecule has 148 valence electrons. The average molecular weight is 384 g/mol. The lowest BCUT2D eigenvalue weighted by molar-refractivity contribution is -0.914. The van der Waals surface area contributed by atoms with Gasteiger partial charge in [0, 0.05) is 36.8 Å². The summed E-state index contributed by atoms with van der Waals surface area (Å²) >= 11 is 0. The Balaban J connectivity index is 2.00. The molecule has 0 fully saturated rings. The van der Waals surface area contributed by atoms with Crippen LogP contribution in [-0.4, -0.2) is 45.6 Å². The summed E-state index contributed by atoms with van der Waals surface area (Å²) in [4.78, 5) is 13.4. The van der Waals surface area contributed by atoms with Crippen LogP contribution in [0.1, 0.15) is 5.56 Å². The number of fused-ring (bicyclic) bond motifs is 1. The Kier molecular flexibility index (Phi) is 6.81.